The van der Waals surface area contributed by atoms with Gasteiger partial charge in [-0.05, 0) is 29.5 Å². The maximum absolute atomic E-state index is 13.6. The monoisotopic (exact) mass is 262 g/mol. The van der Waals surface area contributed by atoms with Crippen LogP contribution < -0.4 is 0 Å². The van der Waals surface area contributed by atoms with Gasteiger partial charge >= 0.3 is 0 Å². The van der Waals surface area contributed by atoms with Crippen LogP contribution in [0.4, 0.5) is 8.78 Å². The first-order valence-corrected chi connectivity index (χ1v) is 6.25. The Hall–Kier alpha value is -1.74. The van der Waals surface area contributed by atoms with E-state index in [0.29, 0.717) is 12.0 Å². The Kier molecular flexibility index (Phi) is 4.27. The average Bonchev–Trinajstić information content (AvgIpc) is 2.42. The number of benzene rings is 2. The van der Waals surface area contributed by atoms with Gasteiger partial charge < -0.3 is 5.11 Å². The Balaban J connectivity index is 2.10. The van der Waals surface area contributed by atoms with E-state index in [1.807, 2.05) is 37.3 Å². The molecule has 0 aromatic heterocycles. The van der Waals surface area contributed by atoms with Crippen LogP contribution in [-0.4, -0.2) is 5.11 Å². The minimum atomic E-state index is -0.661. The van der Waals surface area contributed by atoms with E-state index in [1.165, 1.54) is 12.1 Å². The fourth-order valence-corrected chi connectivity index (χ4v) is 2.12. The van der Waals surface area contributed by atoms with E-state index in [2.05, 4.69) is 0 Å². The van der Waals surface area contributed by atoms with Gasteiger partial charge in [0.1, 0.15) is 11.6 Å². The molecule has 1 nitrogen and oxygen atoms in total. The Morgan fingerprint density at radius 1 is 1.05 bits per heavy atom. The van der Waals surface area contributed by atoms with Crippen LogP contribution in [-0.2, 0) is 6.42 Å². The highest BCUT2D eigenvalue weighted by Crippen LogP contribution is 2.25. The Labute approximate surface area is 111 Å². The highest BCUT2D eigenvalue weighted by Gasteiger charge is 2.18. The molecule has 0 fully saturated rings. The van der Waals surface area contributed by atoms with E-state index >= 15 is 0 Å². The summed E-state index contributed by atoms with van der Waals surface area (Å²) in [6.07, 6.45) is -0.298. The van der Waals surface area contributed by atoms with Crippen LogP contribution in [0.5, 0.6) is 0 Å². The summed E-state index contributed by atoms with van der Waals surface area (Å²) in [4.78, 5) is 0. The van der Waals surface area contributed by atoms with Gasteiger partial charge in [-0.3, -0.25) is 0 Å². The van der Waals surface area contributed by atoms with Crippen molar-refractivity contribution >= 4 is 0 Å². The summed E-state index contributed by atoms with van der Waals surface area (Å²) in [5.41, 5.74) is 1.22. The molecular formula is C16H16F2O. The van der Waals surface area contributed by atoms with Crippen molar-refractivity contribution in [3.63, 3.8) is 0 Å². The van der Waals surface area contributed by atoms with Crippen LogP contribution in [0.25, 0.3) is 0 Å². The summed E-state index contributed by atoms with van der Waals surface area (Å²) in [7, 11) is 0. The van der Waals surface area contributed by atoms with Gasteiger partial charge in [0, 0.05) is 6.07 Å². The van der Waals surface area contributed by atoms with Crippen LogP contribution >= 0.6 is 0 Å². The number of aliphatic hydroxyl groups excluding tert-OH is 1. The SMILES string of the molecule is CC(Cc1ccc(F)cc1F)C(O)c1ccccc1. The maximum Gasteiger partial charge on any atom is 0.129 e. The number of hydrogen-bond donors (Lipinski definition) is 1. The first-order valence-electron chi connectivity index (χ1n) is 6.25. The van der Waals surface area contributed by atoms with E-state index in [9.17, 15) is 13.9 Å². The van der Waals surface area contributed by atoms with E-state index in [1.54, 1.807) is 0 Å². The van der Waals surface area contributed by atoms with E-state index < -0.39 is 17.7 Å². The summed E-state index contributed by atoms with van der Waals surface area (Å²) in [6, 6.07) is 12.8. The summed E-state index contributed by atoms with van der Waals surface area (Å²) < 4.78 is 26.4. The third-order valence-corrected chi connectivity index (χ3v) is 3.24. The summed E-state index contributed by atoms with van der Waals surface area (Å²) in [5, 5.41) is 10.2. The van der Waals surface area contributed by atoms with Gasteiger partial charge in [0.25, 0.3) is 0 Å². The highest BCUT2D eigenvalue weighted by atomic mass is 19.1. The zero-order valence-corrected chi connectivity index (χ0v) is 10.7. The number of hydrogen-bond acceptors (Lipinski definition) is 1. The van der Waals surface area contributed by atoms with Crippen LogP contribution in [0.1, 0.15) is 24.2 Å². The quantitative estimate of drug-likeness (QED) is 0.886. The molecular weight excluding hydrogens is 246 g/mol. The molecule has 100 valence electrons. The molecule has 3 heteroatoms. The van der Waals surface area contributed by atoms with Crippen LogP contribution in [0.2, 0.25) is 0 Å². The van der Waals surface area contributed by atoms with Crippen molar-refractivity contribution in [2.75, 3.05) is 0 Å². The molecule has 2 aromatic carbocycles. The standard InChI is InChI=1S/C16H16F2O/c1-11(16(19)12-5-3-2-4-6-12)9-13-7-8-14(17)10-15(13)18/h2-8,10-11,16,19H,9H2,1H3. The predicted molar refractivity (Wildman–Crippen MR) is 70.6 cm³/mol. The van der Waals surface area contributed by atoms with Crippen molar-refractivity contribution in [2.24, 2.45) is 5.92 Å². The molecule has 0 saturated heterocycles. The van der Waals surface area contributed by atoms with E-state index in [4.69, 9.17) is 0 Å². The fourth-order valence-electron chi connectivity index (χ4n) is 2.12. The van der Waals surface area contributed by atoms with Gasteiger partial charge in [-0.25, -0.2) is 8.78 Å². The van der Waals surface area contributed by atoms with Crippen LogP contribution in [0.3, 0.4) is 0 Å². The summed E-state index contributed by atoms with van der Waals surface area (Å²) >= 11 is 0. The predicted octanol–water partition coefficient (Wildman–Crippen LogP) is 3.88. The lowest BCUT2D eigenvalue weighted by atomic mass is 9.91. The largest absolute Gasteiger partial charge is 0.388 e. The summed E-state index contributed by atoms with van der Waals surface area (Å²) in [6.45, 7) is 1.85. The molecule has 2 unspecified atom stereocenters. The van der Waals surface area contributed by atoms with E-state index in [0.717, 1.165) is 11.6 Å². The Morgan fingerprint density at radius 3 is 2.37 bits per heavy atom. The van der Waals surface area contributed by atoms with Crippen molar-refractivity contribution in [3.8, 4) is 0 Å². The van der Waals surface area contributed by atoms with E-state index in [-0.39, 0.29) is 5.92 Å². The lowest BCUT2D eigenvalue weighted by Gasteiger charge is -2.19. The second-order valence-electron chi connectivity index (χ2n) is 4.77. The minimum absolute atomic E-state index is 0.151. The second kappa shape index (κ2) is 5.93. The van der Waals surface area contributed by atoms with Gasteiger partial charge in [-0.1, -0.05) is 43.3 Å². The van der Waals surface area contributed by atoms with Gasteiger partial charge in [-0.15, -0.1) is 0 Å². The van der Waals surface area contributed by atoms with Crippen LogP contribution in [0, 0.1) is 17.6 Å². The second-order valence-corrected chi connectivity index (χ2v) is 4.77. The molecule has 0 saturated carbocycles. The molecule has 0 spiro atoms. The van der Waals surface area contributed by atoms with Gasteiger partial charge in [0.15, 0.2) is 0 Å². The molecule has 19 heavy (non-hydrogen) atoms. The Morgan fingerprint density at radius 2 is 1.74 bits per heavy atom. The highest BCUT2D eigenvalue weighted by molar-refractivity contribution is 5.21. The molecule has 0 radical (unpaired) electrons. The molecule has 0 heterocycles. The average molecular weight is 262 g/mol. The van der Waals surface area contributed by atoms with Crippen molar-refractivity contribution < 1.29 is 13.9 Å². The normalized spacial score (nSPS) is 14.1. The Bertz CT molecular complexity index is 540. The molecule has 2 rings (SSSR count). The number of aliphatic hydroxyl groups is 1. The van der Waals surface area contributed by atoms with Gasteiger partial charge in [0.2, 0.25) is 0 Å². The summed E-state index contributed by atoms with van der Waals surface area (Å²) in [5.74, 6) is -1.30. The lowest BCUT2D eigenvalue weighted by molar-refractivity contribution is 0.117. The molecule has 0 amide bonds. The third kappa shape index (κ3) is 3.38. The molecule has 0 aliphatic rings. The van der Waals surface area contributed by atoms with Crippen LogP contribution in [0.15, 0.2) is 48.5 Å². The molecule has 0 bridgehead atoms. The van der Waals surface area contributed by atoms with Gasteiger partial charge in [-0.2, -0.15) is 0 Å². The first-order chi connectivity index (χ1) is 9.08. The third-order valence-electron chi connectivity index (χ3n) is 3.24. The topological polar surface area (TPSA) is 20.2 Å². The number of rotatable bonds is 4. The lowest BCUT2D eigenvalue weighted by Crippen LogP contribution is -2.12. The van der Waals surface area contributed by atoms with Crippen molar-refractivity contribution in [1.29, 1.82) is 0 Å². The zero-order valence-electron chi connectivity index (χ0n) is 10.7. The molecule has 1 N–H and O–H groups in total. The number of halogens is 2. The van der Waals surface area contributed by atoms with Crippen molar-refractivity contribution in [1.82, 2.24) is 0 Å². The fraction of sp³-hybridized carbons (Fsp3) is 0.250. The molecule has 2 atom stereocenters. The van der Waals surface area contributed by atoms with Crippen molar-refractivity contribution in [2.45, 2.75) is 19.4 Å². The zero-order chi connectivity index (χ0) is 13.8. The maximum atomic E-state index is 13.6. The smallest absolute Gasteiger partial charge is 0.129 e. The van der Waals surface area contributed by atoms with Gasteiger partial charge in [0.05, 0.1) is 6.10 Å². The molecule has 0 aliphatic carbocycles. The molecule has 0 aliphatic heterocycles. The molecule has 2 aromatic rings. The minimum Gasteiger partial charge on any atom is -0.388 e. The van der Waals surface area contributed by atoms with Crippen molar-refractivity contribution in [3.05, 3.63) is 71.3 Å². The first kappa shape index (κ1) is 13.7.